The quantitative estimate of drug-likeness (QED) is 0.520. The SMILES string of the molecule is C[C@@H](Sc1nnc(-c2ccc(Cl)cc2)n1N)C(=O)N1c2ccccc2C[C@@H]1C. The van der Waals surface area contributed by atoms with Gasteiger partial charge in [0.1, 0.15) is 0 Å². The molecule has 0 fully saturated rings. The topological polar surface area (TPSA) is 77.0 Å². The van der Waals surface area contributed by atoms with Gasteiger partial charge in [-0.05, 0) is 56.2 Å². The standard InChI is InChI=1S/C20H20ClN5OS/c1-12-11-15-5-3-4-6-17(15)25(12)19(27)13(2)28-20-24-23-18(26(20)22)14-7-9-16(21)10-8-14/h3-10,12-13H,11,22H2,1-2H3/t12-,13+/m0/s1. The van der Waals surface area contributed by atoms with Crippen molar-refractivity contribution in [1.29, 1.82) is 0 Å². The third-order valence-corrected chi connectivity index (χ3v) is 6.14. The van der Waals surface area contributed by atoms with Crippen molar-refractivity contribution in [3.8, 4) is 11.4 Å². The number of rotatable bonds is 4. The fourth-order valence-electron chi connectivity index (χ4n) is 3.46. The van der Waals surface area contributed by atoms with Crippen molar-refractivity contribution in [1.82, 2.24) is 14.9 Å². The van der Waals surface area contributed by atoms with E-state index in [-0.39, 0.29) is 17.2 Å². The second kappa shape index (κ2) is 7.48. The molecule has 144 valence electrons. The van der Waals surface area contributed by atoms with Gasteiger partial charge in [0.2, 0.25) is 11.1 Å². The van der Waals surface area contributed by atoms with Crippen LogP contribution in [0.4, 0.5) is 5.69 Å². The van der Waals surface area contributed by atoms with E-state index in [0.29, 0.717) is 16.0 Å². The molecule has 8 heteroatoms. The Bertz CT molecular complexity index is 1020. The number of aromatic nitrogens is 3. The summed E-state index contributed by atoms with van der Waals surface area (Å²) < 4.78 is 1.42. The predicted octanol–water partition coefficient (Wildman–Crippen LogP) is 3.77. The maximum atomic E-state index is 13.1. The van der Waals surface area contributed by atoms with Crippen LogP contribution in [-0.4, -0.2) is 32.1 Å². The minimum atomic E-state index is -0.349. The number of carbonyl (C=O) groups is 1. The van der Waals surface area contributed by atoms with Crippen molar-refractivity contribution in [3.05, 3.63) is 59.1 Å². The normalized spacial score (nSPS) is 16.8. The Morgan fingerprint density at radius 3 is 2.68 bits per heavy atom. The number of fused-ring (bicyclic) bond motifs is 1. The van der Waals surface area contributed by atoms with Crippen LogP contribution in [0.5, 0.6) is 0 Å². The number of halogens is 1. The first-order valence-corrected chi connectivity index (χ1v) is 10.3. The van der Waals surface area contributed by atoms with Gasteiger partial charge in [-0.3, -0.25) is 4.79 Å². The van der Waals surface area contributed by atoms with E-state index in [9.17, 15) is 4.79 Å². The Kier molecular flexibility index (Phi) is 5.03. The average Bonchev–Trinajstić information content (AvgIpc) is 3.21. The minimum Gasteiger partial charge on any atom is -0.335 e. The fourth-order valence-corrected chi connectivity index (χ4v) is 4.40. The Morgan fingerprint density at radius 2 is 1.93 bits per heavy atom. The van der Waals surface area contributed by atoms with Crippen LogP contribution in [0.1, 0.15) is 19.4 Å². The molecule has 0 bridgehead atoms. The van der Waals surface area contributed by atoms with Crippen molar-refractivity contribution in [2.75, 3.05) is 10.7 Å². The number of amides is 1. The highest BCUT2D eigenvalue weighted by Crippen LogP contribution is 2.34. The predicted molar refractivity (Wildman–Crippen MR) is 113 cm³/mol. The highest BCUT2D eigenvalue weighted by Gasteiger charge is 2.34. The molecular formula is C20H20ClN5OS. The summed E-state index contributed by atoms with van der Waals surface area (Å²) in [7, 11) is 0. The Hall–Kier alpha value is -2.51. The van der Waals surface area contributed by atoms with E-state index in [2.05, 4.69) is 23.2 Å². The van der Waals surface area contributed by atoms with Crippen molar-refractivity contribution < 1.29 is 4.79 Å². The Morgan fingerprint density at radius 1 is 1.21 bits per heavy atom. The molecule has 2 N–H and O–H groups in total. The summed E-state index contributed by atoms with van der Waals surface area (Å²) in [6.45, 7) is 3.94. The van der Waals surface area contributed by atoms with Crippen molar-refractivity contribution >= 4 is 35.0 Å². The summed E-state index contributed by atoms with van der Waals surface area (Å²) in [6, 6.07) is 15.4. The lowest BCUT2D eigenvalue weighted by Gasteiger charge is -2.25. The number of benzene rings is 2. The van der Waals surface area contributed by atoms with E-state index in [1.54, 1.807) is 12.1 Å². The molecule has 1 aliphatic heterocycles. The number of anilines is 1. The second-order valence-electron chi connectivity index (χ2n) is 6.83. The summed E-state index contributed by atoms with van der Waals surface area (Å²) in [5, 5.41) is 9.13. The molecule has 28 heavy (non-hydrogen) atoms. The van der Waals surface area contributed by atoms with Crippen LogP contribution in [0, 0.1) is 0 Å². The number of thioether (sulfide) groups is 1. The lowest BCUT2D eigenvalue weighted by atomic mass is 10.1. The number of nitrogens with zero attached hydrogens (tertiary/aromatic N) is 4. The third-order valence-electron chi connectivity index (χ3n) is 4.84. The monoisotopic (exact) mass is 413 g/mol. The second-order valence-corrected chi connectivity index (χ2v) is 8.58. The van der Waals surface area contributed by atoms with Crippen LogP contribution in [-0.2, 0) is 11.2 Å². The van der Waals surface area contributed by atoms with Crippen LogP contribution in [0.15, 0.2) is 53.7 Å². The van der Waals surface area contributed by atoms with E-state index >= 15 is 0 Å². The number of hydrogen-bond acceptors (Lipinski definition) is 5. The van der Waals surface area contributed by atoms with Gasteiger partial charge in [-0.25, -0.2) is 4.68 Å². The maximum Gasteiger partial charge on any atom is 0.240 e. The first-order chi connectivity index (χ1) is 13.5. The zero-order valence-electron chi connectivity index (χ0n) is 15.5. The van der Waals surface area contributed by atoms with Crippen LogP contribution in [0.3, 0.4) is 0 Å². The van der Waals surface area contributed by atoms with Gasteiger partial charge in [-0.1, -0.05) is 41.6 Å². The molecule has 2 aromatic carbocycles. The molecule has 1 aromatic heterocycles. The number of carbonyl (C=O) groups excluding carboxylic acids is 1. The number of nitrogens with two attached hydrogens (primary N) is 1. The van der Waals surface area contributed by atoms with Gasteiger partial charge in [-0.2, -0.15) is 0 Å². The summed E-state index contributed by atoms with van der Waals surface area (Å²) in [4.78, 5) is 15.0. The molecule has 0 unspecified atom stereocenters. The van der Waals surface area contributed by atoms with Crippen molar-refractivity contribution in [3.63, 3.8) is 0 Å². The summed E-state index contributed by atoms with van der Waals surface area (Å²) in [6.07, 6.45) is 0.868. The minimum absolute atomic E-state index is 0.0403. The zero-order chi connectivity index (χ0) is 19.8. The molecule has 0 saturated heterocycles. The first kappa shape index (κ1) is 18.8. The Labute approximate surface area is 172 Å². The molecule has 6 nitrogen and oxygen atoms in total. The average molecular weight is 414 g/mol. The molecule has 1 amide bonds. The molecule has 4 rings (SSSR count). The van der Waals surface area contributed by atoms with Crippen LogP contribution in [0.2, 0.25) is 5.02 Å². The molecule has 2 heterocycles. The lowest BCUT2D eigenvalue weighted by Crippen LogP contribution is -2.40. The number of nitrogen functional groups attached to an aromatic ring is 1. The van der Waals surface area contributed by atoms with Gasteiger partial charge in [0, 0.05) is 22.3 Å². The van der Waals surface area contributed by atoms with E-state index in [0.717, 1.165) is 17.7 Å². The summed E-state index contributed by atoms with van der Waals surface area (Å²) >= 11 is 7.24. The lowest BCUT2D eigenvalue weighted by molar-refractivity contribution is -0.118. The number of para-hydroxylation sites is 1. The Balaban J connectivity index is 1.53. The van der Waals surface area contributed by atoms with Gasteiger partial charge in [-0.15, -0.1) is 10.2 Å². The van der Waals surface area contributed by atoms with E-state index in [1.165, 1.54) is 22.0 Å². The third kappa shape index (κ3) is 3.36. The van der Waals surface area contributed by atoms with E-state index < -0.39 is 0 Å². The van der Waals surface area contributed by atoms with Gasteiger partial charge < -0.3 is 10.7 Å². The molecule has 1 aliphatic rings. The van der Waals surface area contributed by atoms with Gasteiger partial charge in [0.15, 0.2) is 5.82 Å². The highest BCUT2D eigenvalue weighted by atomic mass is 35.5. The van der Waals surface area contributed by atoms with Crippen molar-refractivity contribution in [2.45, 2.75) is 36.7 Å². The maximum absolute atomic E-state index is 13.1. The number of hydrogen-bond donors (Lipinski definition) is 1. The molecule has 0 radical (unpaired) electrons. The van der Waals surface area contributed by atoms with Gasteiger partial charge in [0.25, 0.3) is 0 Å². The summed E-state index contributed by atoms with van der Waals surface area (Å²) in [5.74, 6) is 6.76. The van der Waals surface area contributed by atoms with Crippen LogP contribution in [0.25, 0.3) is 11.4 Å². The van der Waals surface area contributed by atoms with E-state index in [1.807, 2.05) is 42.2 Å². The molecule has 0 saturated carbocycles. The largest absolute Gasteiger partial charge is 0.335 e. The fraction of sp³-hybridized carbons (Fsp3) is 0.250. The molecular weight excluding hydrogens is 394 g/mol. The smallest absolute Gasteiger partial charge is 0.240 e. The van der Waals surface area contributed by atoms with Crippen molar-refractivity contribution in [2.24, 2.45) is 0 Å². The zero-order valence-corrected chi connectivity index (χ0v) is 17.1. The van der Waals surface area contributed by atoms with Gasteiger partial charge in [0.05, 0.1) is 5.25 Å². The van der Waals surface area contributed by atoms with Crippen LogP contribution < -0.4 is 10.7 Å². The highest BCUT2D eigenvalue weighted by molar-refractivity contribution is 8.00. The first-order valence-electron chi connectivity index (χ1n) is 8.99. The van der Waals surface area contributed by atoms with Crippen LogP contribution >= 0.6 is 23.4 Å². The molecule has 3 aromatic rings. The molecule has 0 aliphatic carbocycles. The molecule has 2 atom stereocenters. The molecule has 0 spiro atoms. The van der Waals surface area contributed by atoms with Gasteiger partial charge >= 0.3 is 0 Å². The summed E-state index contributed by atoms with van der Waals surface area (Å²) in [5.41, 5.74) is 3.00. The van der Waals surface area contributed by atoms with E-state index in [4.69, 9.17) is 17.4 Å².